The molecule has 3 atom stereocenters. The Morgan fingerprint density at radius 2 is 1.67 bits per heavy atom. The number of carbonyl (C=O) groups excluding carboxylic acids is 4. The van der Waals surface area contributed by atoms with Gasteiger partial charge in [-0.2, -0.15) is 0 Å². The summed E-state index contributed by atoms with van der Waals surface area (Å²) in [7, 11) is 0. The van der Waals surface area contributed by atoms with E-state index in [9.17, 15) is 19.2 Å². The van der Waals surface area contributed by atoms with Crippen LogP contribution in [0, 0.1) is 22.7 Å². The number of ether oxygens (including phenoxy) is 2. The second-order valence-corrected chi connectivity index (χ2v) is 10.7. The van der Waals surface area contributed by atoms with Crippen molar-refractivity contribution in [3.05, 3.63) is 42.0 Å². The molecular weight excluding hydrogens is 490 g/mol. The summed E-state index contributed by atoms with van der Waals surface area (Å²) in [6, 6.07) is 8.90. The largest absolute Gasteiger partial charge is 0.465 e. The molecule has 5 rings (SSSR count). The van der Waals surface area contributed by atoms with Gasteiger partial charge in [-0.05, 0) is 51.7 Å². The molecule has 33 heavy (non-hydrogen) atoms. The molecule has 174 valence electrons. The Morgan fingerprint density at radius 3 is 2.21 bits per heavy atom. The van der Waals surface area contributed by atoms with E-state index >= 15 is 0 Å². The van der Waals surface area contributed by atoms with Crippen molar-refractivity contribution in [2.75, 3.05) is 18.1 Å². The number of anilines is 1. The van der Waals surface area contributed by atoms with Crippen molar-refractivity contribution in [2.45, 2.75) is 43.9 Å². The molecule has 1 heterocycles. The highest BCUT2D eigenvalue weighted by atomic mass is 79.9. The SMILES string of the molecule is CCOC(=O)C1(C(=O)OCC)CC2=CC3(CC3)[C@@H]3C(=O)N(c4ccccc4)C(=O)[C@]3(Br)[C@@H]2C1. The molecule has 8 heteroatoms. The molecule has 2 saturated carbocycles. The first-order valence-electron chi connectivity index (χ1n) is 11.4. The number of amides is 2. The van der Waals surface area contributed by atoms with Crippen molar-refractivity contribution in [3.8, 4) is 0 Å². The Bertz CT molecular complexity index is 1060. The van der Waals surface area contributed by atoms with Gasteiger partial charge in [0.15, 0.2) is 5.41 Å². The zero-order chi connectivity index (χ0) is 23.6. The lowest BCUT2D eigenvalue weighted by atomic mass is 9.67. The first kappa shape index (κ1) is 22.3. The Morgan fingerprint density at radius 1 is 1.06 bits per heavy atom. The van der Waals surface area contributed by atoms with E-state index in [0.717, 1.165) is 18.4 Å². The van der Waals surface area contributed by atoms with Gasteiger partial charge in [0.05, 0.1) is 24.8 Å². The predicted molar refractivity (Wildman–Crippen MR) is 122 cm³/mol. The van der Waals surface area contributed by atoms with Crippen molar-refractivity contribution in [2.24, 2.45) is 22.7 Å². The van der Waals surface area contributed by atoms with Gasteiger partial charge in [0.25, 0.3) is 5.91 Å². The Hall–Kier alpha value is -2.48. The number of allylic oxidation sites excluding steroid dienone is 2. The second-order valence-electron chi connectivity index (χ2n) is 9.42. The number of hydrogen-bond donors (Lipinski definition) is 0. The average Bonchev–Trinajstić information content (AvgIpc) is 3.36. The molecule has 1 spiro atoms. The van der Waals surface area contributed by atoms with E-state index in [1.165, 1.54) is 4.90 Å². The summed E-state index contributed by atoms with van der Waals surface area (Å²) in [6.45, 7) is 3.65. The molecule has 0 bridgehead atoms. The third-order valence-corrected chi connectivity index (χ3v) is 9.00. The van der Waals surface area contributed by atoms with Crippen molar-refractivity contribution in [1.82, 2.24) is 0 Å². The first-order valence-corrected chi connectivity index (χ1v) is 12.2. The van der Waals surface area contributed by atoms with Crippen LogP contribution in [0.25, 0.3) is 0 Å². The first-order chi connectivity index (χ1) is 15.7. The zero-order valence-corrected chi connectivity index (χ0v) is 20.2. The van der Waals surface area contributed by atoms with Crippen LogP contribution in [-0.2, 0) is 28.7 Å². The van der Waals surface area contributed by atoms with Crippen LogP contribution in [0.5, 0.6) is 0 Å². The van der Waals surface area contributed by atoms with Crippen LogP contribution in [0.4, 0.5) is 5.69 Å². The summed E-state index contributed by atoms with van der Waals surface area (Å²) in [6.07, 6.45) is 3.85. The molecule has 7 nitrogen and oxygen atoms in total. The monoisotopic (exact) mass is 515 g/mol. The van der Waals surface area contributed by atoms with Crippen LogP contribution >= 0.6 is 15.9 Å². The van der Waals surface area contributed by atoms with Crippen LogP contribution in [-0.4, -0.2) is 41.3 Å². The molecule has 2 amide bonds. The minimum absolute atomic E-state index is 0.0655. The van der Waals surface area contributed by atoms with Crippen molar-refractivity contribution < 1.29 is 28.7 Å². The molecular formula is C25H26BrNO6. The Balaban J connectivity index is 1.62. The summed E-state index contributed by atoms with van der Waals surface area (Å²) < 4.78 is 9.40. The topological polar surface area (TPSA) is 90.0 Å². The number of carbonyl (C=O) groups is 4. The number of para-hydroxylation sites is 1. The van der Waals surface area contributed by atoms with Crippen LogP contribution in [0.1, 0.15) is 39.5 Å². The average molecular weight is 516 g/mol. The fourth-order valence-electron chi connectivity index (χ4n) is 6.10. The number of esters is 2. The summed E-state index contributed by atoms with van der Waals surface area (Å²) in [5.74, 6) is -2.92. The summed E-state index contributed by atoms with van der Waals surface area (Å²) in [5.41, 5.74) is -0.570. The lowest BCUT2D eigenvalue weighted by Gasteiger charge is -2.40. The van der Waals surface area contributed by atoms with Gasteiger partial charge in [0, 0.05) is 11.3 Å². The molecule has 0 aromatic heterocycles. The third-order valence-electron chi connectivity index (χ3n) is 7.65. The van der Waals surface area contributed by atoms with Gasteiger partial charge >= 0.3 is 11.9 Å². The molecule has 4 aliphatic rings. The summed E-state index contributed by atoms with van der Waals surface area (Å²) in [5, 5.41) is 0. The zero-order valence-electron chi connectivity index (χ0n) is 18.6. The van der Waals surface area contributed by atoms with Gasteiger partial charge in [-0.15, -0.1) is 0 Å². The minimum atomic E-state index is -1.52. The van der Waals surface area contributed by atoms with Crippen molar-refractivity contribution in [1.29, 1.82) is 0 Å². The van der Waals surface area contributed by atoms with Gasteiger partial charge in [-0.3, -0.25) is 19.2 Å². The third kappa shape index (κ3) is 2.92. The fraction of sp³-hybridized carbons (Fsp3) is 0.520. The van der Waals surface area contributed by atoms with E-state index < -0.39 is 38.9 Å². The summed E-state index contributed by atoms with van der Waals surface area (Å²) >= 11 is 3.76. The highest BCUT2D eigenvalue weighted by Gasteiger charge is 2.76. The van der Waals surface area contributed by atoms with Crippen molar-refractivity contribution >= 4 is 45.4 Å². The molecule has 3 aliphatic carbocycles. The number of rotatable bonds is 5. The van der Waals surface area contributed by atoms with E-state index in [4.69, 9.17) is 9.47 Å². The van der Waals surface area contributed by atoms with Gasteiger partial charge < -0.3 is 9.47 Å². The van der Waals surface area contributed by atoms with E-state index in [1.54, 1.807) is 38.1 Å². The fourth-order valence-corrected chi connectivity index (χ4v) is 7.38. The quantitative estimate of drug-likeness (QED) is 0.196. The molecule has 0 unspecified atom stereocenters. The molecule has 1 aliphatic heterocycles. The van der Waals surface area contributed by atoms with Crippen LogP contribution in [0.3, 0.4) is 0 Å². The number of fused-ring (bicyclic) bond motifs is 4. The number of benzene rings is 1. The summed E-state index contributed by atoms with van der Waals surface area (Å²) in [4.78, 5) is 55.1. The standard InChI is InChI=1S/C25H26BrNO6/c1-3-32-21(30)24(22(31)33-4-2)13-15-12-23(10-11-23)18-19(28)27(16-8-6-5-7-9-16)20(29)25(18,26)17(15)14-24/h5-9,12,17-18H,3-4,10-11,13-14H2,1-2H3/t17-,18+,25+/m1/s1. The maximum atomic E-state index is 13.9. The number of imide groups is 1. The van der Waals surface area contributed by atoms with E-state index in [0.29, 0.717) is 5.69 Å². The van der Waals surface area contributed by atoms with E-state index in [-0.39, 0.29) is 37.9 Å². The Labute approximate surface area is 200 Å². The van der Waals surface area contributed by atoms with Crippen LogP contribution in [0.2, 0.25) is 0 Å². The van der Waals surface area contributed by atoms with Gasteiger partial charge in [0.2, 0.25) is 5.91 Å². The lowest BCUT2D eigenvalue weighted by Crippen LogP contribution is -2.50. The van der Waals surface area contributed by atoms with E-state index in [2.05, 4.69) is 22.0 Å². The second kappa shape index (κ2) is 7.52. The van der Waals surface area contributed by atoms with Crippen LogP contribution < -0.4 is 4.90 Å². The predicted octanol–water partition coefficient (Wildman–Crippen LogP) is 3.55. The molecule has 1 saturated heterocycles. The van der Waals surface area contributed by atoms with E-state index in [1.807, 2.05) is 6.07 Å². The number of hydrogen-bond acceptors (Lipinski definition) is 6. The highest BCUT2D eigenvalue weighted by molar-refractivity contribution is 9.10. The van der Waals surface area contributed by atoms with Gasteiger partial charge in [-0.1, -0.05) is 45.8 Å². The molecule has 1 aromatic rings. The van der Waals surface area contributed by atoms with Crippen LogP contribution in [0.15, 0.2) is 42.0 Å². The molecule has 0 radical (unpaired) electrons. The minimum Gasteiger partial charge on any atom is -0.465 e. The smallest absolute Gasteiger partial charge is 0.323 e. The number of halogens is 1. The van der Waals surface area contributed by atoms with Gasteiger partial charge in [-0.25, -0.2) is 4.90 Å². The molecule has 3 fully saturated rings. The molecule has 1 aromatic carbocycles. The maximum Gasteiger partial charge on any atom is 0.323 e. The maximum absolute atomic E-state index is 13.9. The highest BCUT2D eigenvalue weighted by Crippen LogP contribution is 2.71. The number of nitrogens with zero attached hydrogens (tertiary/aromatic N) is 1. The normalized spacial score (nSPS) is 30.5. The number of alkyl halides is 1. The molecule has 0 N–H and O–H groups in total. The lowest BCUT2D eigenvalue weighted by molar-refractivity contribution is -0.171. The van der Waals surface area contributed by atoms with Gasteiger partial charge in [0.1, 0.15) is 4.32 Å². The van der Waals surface area contributed by atoms with Crippen molar-refractivity contribution in [3.63, 3.8) is 0 Å². The Kier molecular flexibility index (Phi) is 5.08.